The number of hydrogen-bond donors (Lipinski definition) is 2. The number of amides is 2. The lowest BCUT2D eigenvalue weighted by Gasteiger charge is -2.37. The molecule has 22 heavy (non-hydrogen) atoms. The lowest BCUT2D eigenvalue weighted by Crippen LogP contribution is -2.57. The minimum absolute atomic E-state index is 0.0369. The molecule has 1 aliphatic rings. The predicted octanol–water partition coefficient (Wildman–Crippen LogP) is 0.507. The molecule has 6 heteroatoms. The van der Waals surface area contributed by atoms with Crippen LogP contribution in [-0.4, -0.2) is 59.9 Å². The van der Waals surface area contributed by atoms with Gasteiger partial charge in [0.05, 0.1) is 12.1 Å². The van der Waals surface area contributed by atoms with E-state index >= 15 is 0 Å². The van der Waals surface area contributed by atoms with Gasteiger partial charge in [0.2, 0.25) is 11.8 Å². The maximum atomic E-state index is 12.1. The lowest BCUT2D eigenvalue weighted by atomic mass is 10.0. The first-order chi connectivity index (χ1) is 10.4. The Labute approximate surface area is 131 Å². The van der Waals surface area contributed by atoms with Gasteiger partial charge in [-0.25, -0.2) is 0 Å². The van der Waals surface area contributed by atoms with E-state index in [9.17, 15) is 9.59 Å². The molecule has 3 N–H and O–H groups in total. The van der Waals surface area contributed by atoms with Crippen molar-refractivity contribution in [3.8, 4) is 0 Å². The van der Waals surface area contributed by atoms with Crippen LogP contribution in [0.4, 0.5) is 5.69 Å². The van der Waals surface area contributed by atoms with Crippen molar-refractivity contribution >= 4 is 17.5 Å². The maximum absolute atomic E-state index is 12.1. The van der Waals surface area contributed by atoms with Gasteiger partial charge in [-0.15, -0.1) is 0 Å². The van der Waals surface area contributed by atoms with Crippen LogP contribution >= 0.6 is 0 Å². The van der Waals surface area contributed by atoms with Gasteiger partial charge in [-0.2, -0.15) is 0 Å². The van der Waals surface area contributed by atoms with Crippen molar-refractivity contribution in [2.75, 3.05) is 38.0 Å². The van der Waals surface area contributed by atoms with E-state index in [0.717, 1.165) is 5.69 Å². The van der Waals surface area contributed by atoms with Crippen LogP contribution in [0.2, 0.25) is 0 Å². The van der Waals surface area contributed by atoms with Gasteiger partial charge in [-0.1, -0.05) is 18.2 Å². The van der Waals surface area contributed by atoms with Gasteiger partial charge in [-0.3, -0.25) is 14.5 Å². The van der Waals surface area contributed by atoms with E-state index in [0.29, 0.717) is 32.7 Å². The van der Waals surface area contributed by atoms with Gasteiger partial charge in [0, 0.05) is 31.9 Å². The quantitative estimate of drug-likeness (QED) is 0.849. The molecule has 2 amide bonds. The van der Waals surface area contributed by atoms with Crippen molar-refractivity contribution in [1.29, 1.82) is 0 Å². The molecule has 0 radical (unpaired) electrons. The third kappa shape index (κ3) is 4.54. The topological polar surface area (TPSA) is 78.7 Å². The monoisotopic (exact) mass is 304 g/mol. The number of hydrogen-bond acceptors (Lipinski definition) is 4. The average Bonchev–Trinajstić information content (AvgIpc) is 2.47. The average molecular weight is 304 g/mol. The summed E-state index contributed by atoms with van der Waals surface area (Å²) in [5, 5.41) is 2.87. The Morgan fingerprint density at radius 2 is 1.73 bits per heavy atom. The lowest BCUT2D eigenvalue weighted by molar-refractivity contribution is -0.137. The third-order valence-electron chi connectivity index (χ3n) is 3.64. The number of para-hydroxylation sites is 1. The van der Waals surface area contributed by atoms with Crippen molar-refractivity contribution in [3.05, 3.63) is 30.3 Å². The molecular weight excluding hydrogens is 280 g/mol. The largest absolute Gasteiger partial charge is 0.339 e. The fraction of sp³-hybridized carbons (Fsp3) is 0.500. The summed E-state index contributed by atoms with van der Waals surface area (Å²) in [7, 11) is 0. The maximum Gasteiger partial charge on any atom is 0.242 e. The van der Waals surface area contributed by atoms with Crippen LogP contribution in [-0.2, 0) is 9.59 Å². The Morgan fingerprint density at radius 3 is 2.27 bits per heavy atom. The Bertz CT molecular complexity index is 517. The van der Waals surface area contributed by atoms with Crippen molar-refractivity contribution < 1.29 is 9.59 Å². The van der Waals surface area contributed by atoms with Crippen LogP contribution in [0.5, 0.6) is 0 Å². The molecule has 1 aromatic rings. The molecule has 0 bridgehead atoms. The molecule has 0 saturated carbocycles. The Morgan fingerprint density at radius 1 is 1.14 bits per heavy atom. The fourth-order valence-corrected chi connectivity index (χ4v) is 2.44. The summed E-state index contributed by atoms with van der Waals surface area (Å²) < 4.78 is 0. The molecular formula is C16H24N4O2. The van der Waals surface area contributed by atoms with Gasteiger partial charge in [0.1, 0.15) is 0 Å². The Kier molecular flexibility index (Phi) is 5.15. The summed E-state index contributed by atoms with van der Waals surface area (Å²) >= 11 is 0. The van der Waals surface area contributed by atoms with Gasteiger partial charge >= 0.3 is 0 Å². The number of benzene rings is 1. The SMILES string of the molecule is CC(C)(N)C(=O)N1CCN(CC(=O)Nc2ccccc2)CC1. The van der Waals surface area contributed by atoms with Gasteiger partial charge < -0.3 is 16.0 Å². The predicted molar refractivity (Wildman–Crippen MR) is 86.4 cm³/mol. The molecule has 0 aromatic heterocycles. The Hall–Kier alpha value is -1.92. The highest BCUT2D eigenvalue weighted by molar-refractivity contribution is 5.92. The molecule has 0 aliphatic carbocycles. The summed E-state index contributed by atoms with van der Waals surface area (Å²) in [4.78, 5) is 27.9. The molecule has 1 aromatic carbocycles. The molecule has 1 heterocycles. The molecule has 0 unspecified atom stereocenters. The van der Waals surface area contributed by atoms with E-state index in [2.05, 4.69) is 5.32 Å². The first-order valence-electron chi connectivity index (χ1n) is 7.52. The van der Waals surface area contributed by atoms with Gasteiger partial charge in [-0.05, 0) is 26.0 Å². The standard InChI is InChI=1S/C16H24N4O2/c1-16(2,17)15(22)20-10-8-19(9-11-20)12-14(21)18-13-6-4-3-5-7-13/h3-7H,8-12,17H2,1-2H3,(H,18,21). The van der Waals surface area contributed by atoms with Crippen LogP contribution in [0.25, 0.3) is 0 Å². The zero-order valence-corrected chi connectivity index (χ0v) is 13.2. The molecule has 6 nitrogen and oxygen atoms in total. The number of nitrogens with one attached hydrogen (secondary N) is 1. The first kappa shape index (κ1) is 16.5. The summed E-state index contributed by atoms with van der Waals surface area (Å²) in [5.41, 5.74) is 5.80. The van der Waals surface area contributed by atoms with Crippen molar-refractivity contribution in [2.45, 2.75) is 19.4 Å². The van der Waals surface area contributed by atoms with E-state index in [1.807, 2.05) is 35.2 Å². The molecule has 1 aliphatic heterocycles. The summed E-state index contributed by atoms with van der Waals surface area (Å²) in [6, 6.07) is 9.39. The number of nitrogens with two attached hydrogens (primary N) is 1. The zero-order valence-electron chi connectivity index (χ0n) is 13.2. The second-order valence-corrected chi connectivity index (χ2v) is 6.20. The number of carbonyl (C=O) groups is 2. The van der Waals surface area contributed by atoms with E-state index in [1.165, 1.54) is 0 Å². The highest BCUT2D eigenvalue weighted by atomic mass is 16.2. The van der Waals surface area contributed by atoms with Crippen LogP contribution in [0.3, 0.4) is 0 Å². The normalized spacial score (nSPS) is 16.4. The van der Waals surface area contributed by atoms with Gasteiger partial charge in [0.15, 0.2) is 0 Å². The van der Waals surface area contributed by atoms with Crippen LogP contribution in [0.1, 0.15) is 13.8 Å². The van der Waals surface area contributed by atoms with Crippen LogP contribution in [0, 0.1) is 0 Å². The van der Waals surface area contributed by atoms with Crippen molar-refractivity contribution in [1.82, 2.24) is 9.80 Å². The fourth-order valence-electron chi connectivity index (χ4n) is 2.44. The van der Waals surface area contributed by atoms with E-state index in [1.54, 1.807) is 18.7 Å². The molecule has 120 valence electrons. The Balaban J connectivity index is 1.78. The summed E-state index contributed by atoms with van der Waals surface area (Å²) in [6.45, 7) is 6.36. The number of anilines is 1. The second kappa shape index (κ2) is 6.89. The highest BCUT2D eigenvalue weighted by Gasteiger charge is 2.30. The highest BCUT2D eigenvalue weighted by Crippen LogP contribution is 2.09. The van der Waals surface area contributed by atoms with E-state index in [4.69, 9.17) is 5.73 Å². The number of carbonyl (C=O) groups excluding carboxylic acids is 2. The molecule has 1 fully saturated rings. The minimum Gasteiger partial charge on any atom is -0.339 e. The van der Waals surface area contributed by atoms with Crippen molar-refractivity contribution in [2.24, 2.45) is 5.73 Å². The molecule has 1 saturated heterocycles. The number of piperazine rings is 1. The number of rotatable bonds is 4. The zero-order chi connectivity index (χ0) is 16.2. The summed E-state index contributed by atoms with van der Waals surface area (Å²) in [5.74, 6) is -0.0778. The van der Waals surface area contributed by atoms with Crippen LogP contribution < -0.4 is 11.1 Å². The van der Waals surface area contributed by atoms with Gasteiger partial charge in [0.25, 0.3) is 0 Å². The summed E-state index contributed by atoms with van der Waals surface area (Å²) in [6.07, 6.45) is 0. The third-order valence-corrected chi connectivity index (χ3v) is 3.64. The van der Waals surface area contributed by atoms with Crippen LogP contribution in [0.15, 0.2) is 30.3 Å². The van der Waals surface area contributed by atoms with E-state index in [-0.39, 0.29) is 11.8 Å². The first-order valence-corrected chi connectivity index (χ1v) is 7.52. The molecule has 0 spiro atoms. The van der Waals surface area contributed by atoms with E-state index < -0.39 is 5.54 Å². The smallest absolute Gasteiger partial charge is 0.242 e. The molecule has 2 rings (SSSR count). The van der Waals surface area contributed by atoms with Crippen molar-refractivity contribution in [3.63, 3.8) is 0 Å². The second-order valence-electron chi connectivity index (χ2n) is 6.20. The number of nitrogens with zero attached hydrogens (tertiary/aromatic N) is 2. The minimum atomic E-state index is -0.840. The molecule has 0 atom stereocenters.